The molecule has 0 fully saturated rings. The zero-order chi connectivity index (χ0) is 9.84. The van der Waals surface area contributed by atoms with Crippen LogP contribution in [0.25, 0.3) is 0 Å². The van der Waals surface area contributed by atoms with Gasteiger partial charge in [0, 0.05) is 4.88 Å². The lowest BCUT2D eigenvalue weighted by Gasteiger charge is -2.01. The number of carbonyl (C=O) groups excluding carboxylic acids is 1. The Morgan fingerprint density at radius 2 is 2.23 bits per heavy atom. The van der Waals surface area contributed by atoms with Crippen LogP contribution in [0, 0.1) is 0 Å². The van der Waals surface area contributed by atoms with Crippen molar-refractivity contribution in [1.29, 1.82) is 0 Å². The first kappa shape index (κ1) is 10.9. The Kier molecular flexibility index (Phi) is 4.13. The number of carbonyl (C=O) groups is 1. The van der Waals surface area contributed by atoms with Crippen LogP contribution in [-0.4, -0.2) is 10.6 Å². The Morgan fingerprint density at radius 1 is 1.54 bits per heavy atom. The molecular formula is C10H13BrOS. The van der Waals surface area contributed by atoms with Crippen molar-refractivity contribution in [2.45, 2.75) is 31.5 Å². The fraction of sp³-hybridized carbons (Fsp3) is 0.500. The van der Waals surface area contributed by atoms with Crippen molar-refractivity contribution in [2.24, 2.45) is 0 Å². The van der Waals surface area contributed by atoms with Gasteiger partial charge in [0.1, 0.15) is 0 Å². The second kappa shape index (κ2) is 4.91. The van der Waals surface area contributed by atoms with E-state index in [1.54, 1.807) is 11.3 Å². The second-order valence-corrected chi connectivity index (χ2v) is 5.13. The molecule has 72 valence electrons. The van der Waals surface area contributed by atoms with Crippen LogP contribution in [0.1, 0.15) is 34.8 Å². The highest BCUT2D eigenvalue weighted by Crippen LogP contribution is 2.21. The van der Waals surface area contributed by atoms with Gasteiger partial charge >= 0.3 is 0 Å². The first-order valence-corrected chi connectivity index (χ1v) is 6.19. The van der Waals surface area contributed by atoms with Gasteiger partial charge in [0.25, 0.3) is 0 Å². The van der Waals surface area contributed by atoms with Crippen LogP contribution in [0.2, 0.25) is 0 Å². The number of aryl methyl sites for hydroxylation is 1. The van der Waals surface area contributed by atoms with Gasteiger partial charge in [-0.2, -0.15) is 0 Å². The molecule has 1 rings (SSSR count). The maximum atomic E-state index is 11.7. The van der Waals surface area contributed by atoms with Gasteiger partial charge in [-0.05, 0) is 25.0 Å². The third-order valence-electron chi connectivity index (χ3n) is 1.90. The third kappa shape index (κ3) is 2.64. The summed E-state index contributed by atoms with van der Waals surface area (Å²) in [6.07, 6.45) is 1.86. The highest BCUT2D eigenvalue weighted by atomic mass is 79.9. The Morgan fingerprint density at radius 3 is 2.69 bits per heavy atom. The SMILES string of the molecule is CCc1ccc(C(=O)C(Br)CC)s1. The van der Waals surface area contributed by atoms with Crippen molar-refractivity contribution < 1.29 is 4.79 Å². The lowest BCUT2D eigenvalue weighted by Crippen LogP contribution is -2.10. The van der Waals surface area contributed by atoms with E-state index in [2.05, 4.69) is 22.9 Å². The molecule has 0 bridgehead atoms. The summed E-state index contributed by atoms with van der Waals surface area (Å²) in [6, 6.07) is 3.96. The van der Waals surface area contributed by atoms with E-state index >= 15 is 0 Å². The normalized spacial score (nSPS) is 12.8. The van der Waals surface area contributed by atoms with Crippen molar-refractivity contribution in [2.75, 3.05) is 0 Å². The molecule has 1 unspecified atom stereocenters. The van der Waals surface area contributed by atoms with Crippen molar-refractivity contribution in [3.63, 3.8) is 0 Å². The topological polar surface area (TPSA) is 17.1 Å². The summed E-state index contributed by atoms with van der Waals surface area (Å²) in [7, 11) is 0. The molecule has 1 aromatic heterocycles. The van der Waals surface area contributed by atoms with Crippen molar-refractivity contribution in [3.8, 4) is 0 Å². The van der Waals surface area contributed by atoms with Gasteiger partial charge in [-0.1, -0.05) is 29.8 Å². The van der Waals surface area contributed by atoms with E-state index in [1.807, 2.05) is 19.1 Å². The molecule has 1 nitrogen and oxygen atoms in total. The predicted octanol–water partition coefficient (Wildman–Crippen LogP) is 3.67. The van der Waals surface area contributed by atoms with Crippen LogP contribution in [0.5, 0.6) is 0 Å². The zero-order valence-corrected chi connectivity index (χ0v) is 10.2. The minimum Gasteiger partial charge on any atom is -0.292 e. The zero-order valence-electron chi connectivity index (χ0n) is 7.84. The molecule has 0 spiro atoms. The molecule has 0 aliphatic heterocycles. The molecule has 0 radical (unpaired) electrons. The summed E-state index contributed by atoms with van der Waals surface area (Å²) in [6.45, 7) is 4.11. The van der Waals surface area contributed by atoms with E-state index in [9.17, 15) is 4.79 Å². The van der Waals surface area contributed by atoms with Crippen LogP contribution in [0.15, 0.2) is 12.1 Å². The summed E-state index contributed by atoms with van der Waals surface area (Å²) in [5.74, 6) is 0.215. The lowest BCUT2D eigenvalue weighted by molar-refractivity contribution is 0.0994. The van der Waals surface area contributed by atoms with Gasteiger partial charge in [0.05, 0.1) is 9.70 Å². The Bertz CT molecular complexity index is 293. The van der Waals surface area contributed by atoms with E-state index < -0.39 is 0 Å². The smallest absolute Gasteiger partial charge is 0.186 e. The maximum absolute atomic E-state index is 11.7. The molecular weight excluding hydrogens is 248 g/mol. The number of hydrogen-bond donors (Lipinski definition) is 0. The fourth-order valence-corrected chi connectivity index (χ4v) is 2.38. The Labute approximate surface area is 91.3 Å². The minimum atomic E-state index is -0.0177. The van der Waals surface area contributed by atoms with Crippen LogP contribution >= 0.6 is 27.3 Å². The molecule has 1 atom stereocenters. The third-order valence-corrected chi connectivity index (χ3v) is 4.20. The molecule has 3 heteroatoms. The number of alkyl halides is 1. The maximum Gasteiger partial charge on any atom is 0.186 e. The molecule has 0 N–H and O–H groups in total. The summed E-state index contributed by atoms with van der Waals surface area (Å²) >= 11 is 4.97. The quantitative estimate of drug-likeness (QED) is 0.597. The van der Waals surface area contributed by atoms with Crippen LogP contribution in [-0.2, 0) is 6.42 Å². The average Bonchev–Trinajstić information content (AvgIpc) is 2.63. The summed E-state index contributed by atoms with van der Waals surface area (Å²) in [5.41, 5.74) is 0. The molecule has 0 aromatic carbocycles. The van der Waals surface area contributed by atoms with Gasteiger partial charge in [-0.3, -0.25) is 4.79 Å². The van der Waals surface area contributed by atoms with Crippen LogP contribution < -0.4 is 0 Å². The highest BCUT2D eigenvalue weighted by molar-refractivity contribution is 9.10. The van der Waals surface area contributed by atoms with Crippen molar-refractivity contribution >= 4 is 33.0 Å². The van der Waals surface area contributed by atoms with Gasteiger partial charge in [0.2, 0.25) is 0 Å². The number of Topliss-reactive ketones (excluding diaryl/α,β-unsaturated/α-hetero) is 1. The van der Waals surface area contributed by atoms with E-state index in [4.69, 9.17) is 0 Å². The monoisotopic (exact) mass is 260 g/mol. The number of hydrogen-bond acceptors (Lipinski definition) is 2. The van der Waals surface area contributed by atoms with E-state index in [-0.39, 0.29) is 10.6 Å². The first-order valence-electron chi connectivity index (χ1n) is 4.46. The van der Waals surface area contributed by atoms with Gasteiger partial charge in [0.15, 0.2) is 5.78 Å². The molecule has 0 aliphatic rings. The number of ketones is 1. The molecule has 1 aromatic rings. The number of thiophene rings is 1. The highest BCUT2D eigenvalue weighted by Gasteiger charge is 2.16. The van der Waals surface area contributed by atoms with Gasteiger partial charge in [-0.25, -0.2) is 0 Å². The van der Waals surface area contributed by atoms with Crippen LogP contribution in [0.3, 0.4) is 0 Å². The standard InChI is InChI=1S/C10H13BrOS/c1-3-7-5-6-9(13-7)10(12)8(11)4-2/h5-6,8H,3-4H2,1-2H3. The van der Waals surface area contributed by atoms with Crippen molar-refractivity contribution in [3.05, 3.63) is 21.9 Å². The molecule has 1 heterocycles. The lowest BCUT2D eigenvalue weighted by atomic mass is 10.2. The Hall–Kier alpha value is -0.150. The van der Waals surface area contributed by atoms with Crippen LogP contribution in [0.4, 0.5) is 0 Å². The number of halogens is 1. The minimum absolute atomic E-state index is 0.0177. The largest absolute Gasteiger partial charge is 0.292 e. The molecule has 0 saturated carbocycles. The molecule has 0 saturated heterocycles. The Balaban J connectivity index is 2.77. The average molecular weight is 261 g/mol. The fourth-order valence-electron chi connectivity index (χ4n) is 1.04. The van der Waals surface area contributed by atoms with Crippen molar-refractivity contribution in [1.82, 2.24) is 0 Å². The second-order valence-electron chi connectivity index (χ2n) is 2.86. The molecule has 13 heavy (non-hydrogen) atoms. The van der Waals surface area contributed by atoms with Gasteiger partial charge < -0.3 is 0 Å². The molecule has 0 aliphatic carbocycles. The van der Waals surface area contributed by atoms with E-state index in [0.29, 0.717) is 0 Å². The summed E-state index contributed by atoms with van der Waals surface area (Å²) in [5, 5.41) is 0. The first-order chi connectivity index (χ1) is 6.19. The van der Waals surface area contributed by atoms with E-state index in [1.165, 1.54) is 4.88 Å². The van der Waals surface area contributed by atoms with E-state index in [0.717, 1.165) is 17.7 Å². The predicted molar refractivity (Wildman–Crippen MR) is 61.0 cm³/mol. The summed E-state index contributed by atoms with van der Waals surface area (Å²) in [4.78, 5) is 13.8. The summed E-state index contributed by atoms with van der Waals surface area (Å²) < 4.78 is 0. The molecule has 0 amide bonds. The van der Waals surface area contributed by atoms with Gasteiger partial charge in [-0.15, -0.1) is 11.3 Å². The number of rotatable bonds is 4.